The average Bonchev–Trinajstić information content (AvgIpc) is 0.781. The van der Waals surface area contributed by atoms with Crippen molar-refractivity contribution in [1.82, 2.24) is 14.7 Å². The molecule has 0 bridgehead atoms. The number of Topliss-reactive ketones (excluding diaryl/α,β-unsaturated/α-hetero) is 3. The Morgan fingerprint density at radius 3 is 0.915 bits per heavy atom. The number of hydrogen-bond acceptors (Lipinski definition) is 10. The summed E-state index contributed by atoms with van der Waals surface area (Å²) in [5.41, 5.74) is 28.2. The third kappa shape index (κ3) is 21.0. The van der Waals surface area contributed by atoms with E-state index in [4.69, 9.17) is 19.9 Å². The zero-order valence-corrected chi connectivity index (χ0v) is 69.6. The van der Waals surface area contributed by atoms with Gasteiger partial charge in [0.25, 0.3) is 0 Å². The fourth-order valence-electron chi connectivity index (χ4n) is 16.5. The smallest absolute Gasteiger partial charge is 0.410 e. The minimum Gasteiger partial charge on any atom is -0.444 e. The normalized spacial score (nSPS) is 14.2. The van der Waals surface area contributed by atoms with E-state index in [1.165, 1.54) is 50.1 Å². The van der Waals surface area contributed by atoms with Crippen LogP contribution in [0.2, 0.25) is 0 Å². The summed E-state index contributed by atoms with van der Waals surface area (Å²) in [7, 11) is 1.63. The second-order valence-corrected chi connectivity index (χ2v) is 33.0. The molecule has 0 atom stereocenters. The summed E-state index contributed by atoms with van der Waals surface area (Å²) in [6, 6.07) is 83.6. The Hall–Kier alpha value is -11.5. The lowest BCUT2D eigenvalue weighted by molar-refractivity contribution is -0.134. The first-order valence-corrected chi connectivity index (χ1v) is 41.5. The van der Waals surface area contributed by atoms with Crippen LogP contribution in [0.5, 0.6) is 0 Å². The molecule has 0 saturated carbocycles. The first-order chi connectivity index (χ1) is 56.4. The van der Waals surface area contributed by atoms with Crippen molar-refractivity contribution in [1.29, 1.82) is 0 Å². The van der Waals surface area contributed by atoms with E-state index in [9.17, 15) is 28.8 Å². The van der Waals surface area contributed by atoms with Gasteiger partial charge in [-0.05, 0) is 289 Å². The number of piperidine rings is 3. The van der Waals surface area contributed by atoms with Crippen molar-refractivity contribution in [2.24, 2.45) is 5.73 Å². The first kappa shape index (κ1) is 83.5. The van der Waals surface area contributed by atoms with Crippen LogP contribution in [-0.2, 0) is 23.8 Å². The number of methoxy groups -OCH3 is 1. The van der Waals surface area contributed by atoms with Gasteiger partial charge >= 0.3 is 6.09 Å². The van der Waals surface area contributed by atoms with Gasteiger partial charge in [-0.3, -0.25) is 24.0 Å². The van der Waals surface area contributed by atoms with Crippen LogP contribution >= 0.6 is 0 Å². The molecule has 12 aromatic carbocycles. The van der Waals surface area contributed by atoms with E-state index >= 15 is 0 Å². The number of benzene rings is 12. The molecule has 0 aromatic heterocycles. The summed E-state index contributed by atoms with van der Waals surface area (Å²) in [6.45, 7) is 23.3. The number of likely N-dealkylation sites (tertiary alicyclic amines) is 3. The van der Waals surface area contributed by atoms with Crippen LogP contribution in [0.3, 0.4) is 0 Å². The van der Waals surface area contributed by atoms with E-state index in [1.807, 2.05) is 71.9 Å². The van der Waals surface area contributed by atoms with Crippen molar-refractivity contribution < 1.29 is 43.0 Å². The third-order valence-corrected chi connectivity index (χ3v) is 23.4. The Labute approximate surface area is 690 Å². The largest absolute Gasteiger partial charge is 0.444 e. The summed E-state index contributed by atoms with van der Waals surface area (Å²) < 4.78 is 16.0. The molecular formula is C104H110N4O9. The lowest BCUT2D eigenvalue weighted by Crippen LogP contribution is -2.41. The summed E-state index contributed by atoms with van der Waals surface area (Å²) in [5, 5.41) is 6.61. The quantitative estimate of drug-likeness (QED) is 0.0573. The highest BCUT2D eigenvalue weighted by molar-refractivity contribution is 6.08. The molecule has 3 saturated heterocycles. The van der Waals surface area contributed by atoms with E-state index in [-0.39, 0.29) is 35.3 Å². The van der Waals surface area contributed by atoms with Crippen LogP contribution in [-0.4, -0.2) is 128 Å². The van der Waals surface area contributed by atoms with E-state index in [0.29, 0.717) is 70.1 Å². The molecule has 15 rings (SSSR count). The third-order valence-electron chi connectivity index (χ3n) is 23.4. The van der Waals surface area contributed by atoms with Gasteiger partial charge in [0.1, 0.15) is 5.60 Å². The van der Waals surface area contributed by atoms with E-state index in [1.54, 1.807) is 27.9 Å². The Balaban J connectivity index is 0.000000152. The minimum absolute atomic E-state index is 0.0623. The number of rotatable bonds is 20. The fourth-order valence-corrected chi connectivity index (χ4v) is 16.5. The number of aryl methyl sites for hydroxylation is 3. The van der Waals surface area contributed by atoms with Crippen LogP contribution in [0.15, 0.2) is 237 Å². The maximum Gasteiger partial charge on any atom is 0.410 e. The van der Waals surface area contributed by atoms with Gasteiger partial charge in [-0.25, -0.2) is 4.79 Å². The number of ether oxygens (including phenoxy) is 3. The molecule has 12 aromatic rings. The fraction of sp³-hybridized carbons (Fsp3) is 0.308. The molecule has 117 heavy (non-hydrogen) atoms. The molecule has 600 valence electrons. The number of amides is 3. The predicted molar refractivity (Wildman–Crippen MR) is 477 cm³/mol. The van der Waals surface area contributed by atoms with Gasteiger partial charge in [0.2, 0.25) is 11.8 Å². The number of ketones is 3. The average molecular weight is 1560 g/mol. The van der Waals surface area contributed by atoms with Crippen LogP contribution in [0.25, 0.3) is 99.1 Å². The van der Waals surface area contributed by atoms with Crippen molar-refractivity contribution >= 4 is 67.6 Å². The molecule has 3 amide bonds. The van der Waals surface area contributed by atoms with Gasteiger partial charge in [0, 0.05) is 69.6 Å². The predicted octanol–water partition coefficient (Wildman–Crippen LogP) is 23.0. The van der Waals surface area contributed by atoms with Crippen molar-refractivity contribution in [2.45, 2.75) is 137 Å². The maximum absolute atomic E-state index is 12.5. The van der Waals surface area contributed by atoms with Gasteiger partial charge in [-0.15, -0.1) is 0 Å². The number of carbonyl (C=O) groups excluding carboxylic acids is 6. The molecule has 3 heterocycles. The highest BCUT2D eigenvalue weighted by Crippen LogP contribution is 2.41. The highest BCUT2D eigenvalue weighted by atomic mass is 16.6. The second-order valence-electron chi connectivity index (χ2n) is 33.0. The van der Waals surface area contributed by atoms with Crippen LogP contribution in [0.1, 0.15) is 175 Å². The Kier molecular flexibility index (Phi) is 27.2. The standard InChI is InChI=1S/C35H38N2O3.C35H37NO3.C34H35NO3/c1-24-3-5-27(6-4-24)30-11-12-33-32(21-30)22-31(25(2)38)23-34(33)29-9-7-26(8-10-29)28-13-17-37(18-14-28)35(39)15-19-40-20-16-36;1-23-6-8-26(9-7-23)29-14-15-32-31(20-29)21-30(24(2)37)22-33(32)28-12-10-25(11-13-28)27-16-18-36(19-17-27)34(38)39-35(3,4)5;1-23-4-6-26(7-5-23)29-12-13-32-31(20-29)21-30(24(2)36)22-33(32)28-10-8-25(9-11-28)27-14-17-35(18-15-27)34(37)16-19-38-3/h3-12,21-23,28H,13-20,36H2,1-2H3;6-15,20-22,27H,16-19H2,1-5H3;4-13,20-22,27H,14-19H2,1-3H3. The van der Waals surface area contributed by atoms with E-state index in [2.05, 4.69) is 221 Å². The molecule has 0 aliphatic carbocycles. The van der Waals surface area contributed by atoms with Gasteiger partial charge in [0.05, 0.1) is 32.7 Å². The number of carbonyl (C=O) groups is 6. The van der Waals surface area contributed by atoms with E-state index < -0.39 is 5.60 Å². The number of nitrogens with zero attached hydrogens (tertiary/aromatic N) is 3. The summed E-state index contributed by atoms with van der Waals surface area (Å²) in [4.78, 5) is 80.3. The Morgan fingerprint density at radius 2 is 0.632 bits per heavy atom. The molecule has 0 spiro atoms. The van der Waals surface area contributed by atoms with Crippen LogP contribution in [0.4, 0.5) is 4.79 Å². The molecule has 13 heteroatoms. The zero-order valence-electron chi connectivity index (χ0n) is 69.6. The summed E-state index contributed by atoms with van der Waals surface area (Å²) in [5.74, 6) is 1.83. The molecular weight excluding hydrogens is 1450 g/mol. The van der Waals surface area contributed by atoms with Crippen molar-refractivity contribution in [2.75, 3.05) is 72.7 Å². The van der Waals surface area contributed by atoms with Crippen molar-refractivity contribution in [3.8, 4) is 66.8 Å². The molecule has 3 aliphatic heterocycles. The van der Waals surface area contributed by atoms with Crippen molar-refractivity contribution in [3.05, 3.63) is 287 Å². The highest BCUT2D eigenvalue weighted by Gasteiger charge is 2.30. The first-order valence-electron chi connectivity index (χ1n) is 41.5. The van der Waals surface area contributed by atoms with E-state index in [0.717, 1.165) is 164 Å². The summed E-state index contributed by atoms with van der Waals surface area (Å²) in [6.07, 6.45) is 6.35. The molecule has 0 radical (unpaired) electrons. The monoisotopic (exact) mass is 1560 g/mol. The summed E-state index contributed by atoms with van der Waals surface area (Å²) >= 11 is 0. The maximum atomic E-state index is 12.5. The lowest BCUT2D eigenvalue weighted by Gasteiger charge is -2.33. The van der Waals surface area contributed by atoms with Crippen molar-refractivity contribution in [3.63, 3.8) is 0 Å². The molecule has 3 fully saturated rings. The van der Waals surface area contributed by atoms with Gasteiger partial charge < -0.3 is 34.6 Å². The van der Waals surface area contributed by atoms with Crippen LogP contribution in [0, 0.1) is 20.8 Å². The number of fused-ring (bicyclic) bond motifs is 3. The van der Waals surface area contributed by atoms with Crippen LogP contribution < -0.4 is 5.73 Å². The zero-order chi connectivity index (χ0) is 82.4. The Bertz CT molecular complexity index is 5530. The SMILES string of the molecule is CC(=O)c1cc(-c2ccc(C3CCN(C(=O)CCOCCN)CC3)cc2)c2ccc(-c3ccc(C)cc3)cc2c1.CC(=O)c1cc(-c2ccc(C3CCN(C(=O)OC(C)(C)C)CC3)cc2)c2ccc(-c3ccc(C)cc3)cc2c1.COCCC(=O)N1CCC(c2ccc(-c3cc(C(C)=O)cc4cc(-c5ccc(C)cc5)ccc34)cc2)CC1. The number of nitrogens with two attached hydrogens (primary N) is 1. The van der Waals surface area contributed by atoms with Gasteiger partial charge in [-0.2, -0.15) is 0 Å². The topological polar surface area (TPSA) is 166 Å². The number of hydrogen-bond donors (Lipinski definition) is 1. The van der Waals surface area contributed by atoms with Gasteiger partial charge in [0.15, 0.2) is 17.3 Å². The molecule has 13 nitrogen and oxygen atoms in total. The minimum atomic E-state index is -0.476. The molecule has 3 aliphatic rings. The lowest BCUT2D eigenvalue weighted by atomic mass is 9.87. The van der Waals surface area contributed by atoms with Gasteiger partial charge in [-0.1, -0.05) is 199 Å². The molecule has 0 unspecified atom stereocenters. The Morgan fingerprint density at radius 1 is 0.350 bits per heavy atom. The second kappa shape index (κ2) is 38.1. The molecule has 2 N–H and O–H groups in total.